The Kier molecular flexibility index (Phi) is 5.78. The highest BCUT2D eigenvalue weighted by atomic mass is 32.2. The van der Waals surface area contributed by atoms with E-state index in [-0.39, 0.29) is 17.5 Å². The number of nitrogens with zero attached hydrogens (tertiary/aromatic N) is 5. The van der Waals surface area contributed by atoms with Crippen LogP contribution in [0.1, 0.15) is 49.5 Å². The lowest BCUT2D eigenvalue weighted by molar-refractivity contribution is 0.277. The lowest BCUT2D eigenvalue weighted by atomic mass is 9.84. The maximum atomic E-state index is 12.9. The second-order valence-electron chi connectivity index (χ2n) is 8.63. The summed E-state index contributed by atoms with van der Waals surface area (Å²) in [6, 6.07) is 12.2. The molecule has 5 rings (SSSR count). The van der Waals surface area contributed by atoms with Gasteiger partial charge in [-0.25, -0.2) is 23.1 Å². The Morgan fingerprint density at radius 2 is 1.88 bits per heavy atom. The fraction of sp³-hybridized carbons (Fsp3) is 0.333. The van der Waals surface area contributed by atoms with Crippen LogP contribution in [0.5, 0.6) is 0 Å². The Labute approximate surface area is 197 Å². The van der Waals surface area contributed by atoms with E-state index in [0.29, 0.717) is 23.7 Å². The molecule has 0 saturated heterocycles. The van der Waals surface area contributed by atoms with Gasteiger partial charge in [0.15, 0.2) is 0 Å². The van der Waals surface area contributed by atoms with E-state index in [1.165, 1.54) is 24.3 Å². The van der Waals surface area contributed by atoms with Gasteiger partial charge >= 0.3 is 0 Å². The third-order valence-electron chi connectivity index (χ3n) is 6.58. The van der Waals surface area contributed by atoms with Gasteiger partial charge in [0.2, 0.25) is 10.0 Å². The molecule has 0 bridgehead atoms. The fourth-order valence-corrected chi connectivity index (χ4v) is 5.83. The van der Waals surface area contributed by atoms with Crippen molar-refractivity contribution in [3.8, 4) is 12.1 Å². The summed E-state index contributed by atoms with van der Waals surface area (Å²) in [6.45, 7) is 0.0288. The molecule has 34 heavy (non-hydrogen) atoms. The predicted molar refractivity (Wildman–Crippen MR) is 126 cm³/mol. The summed E-state index contributed by atoms with van der Waals surface area (Å²) in [6.07, 6.45) is 7.84. The number of nitrogens with one attached hydrogen (secondary N) is 2. The Morgan fingerprint density at radius 1 is 1.12 bits per heavy atom. The van der Waals surface area contributed by atoms with Gasteiger partial charge in [0, 0.05) is 24.0 Å². The topological polar surface area (TPSA) is 140 Å². The number of benzene rings is 1. The first-order valence-corrected chi connectivity index (χ1v) is 12.7. The normalized spacial score (nSPS) is 18.6. The van der Waals surface area contributed by atoms with Gasteiger partial charge in [-0.15, -0.1) is 0 Å². The molecule has 1 aliphatic carbocycles. The monoisotopic (exact) mass is 473 g/mol. The van der Waals surface area contributed by atoms with Crippen molar-refractivity contribution in [2.24, 2.45) is 5.92 Å². The fourth-order valence-electron chi connectivity index (χ4n) is 4.85. The van der Waals surface area contributed by atoms with Crippen LogP contribution in [0.2, 0.25) is 0 Å². The van der Waals surface area contributed by atoms with Crippen LogP contribution < -0.4 is 4.72 Å². The molecule has 3 aromatic heterocycles. The first-order chi connectivity index (χ1) is 16.5. The molecule has 0 spiro atoms. The number of rotatable bonds is 6. The standard InChI is InChI=1S/C24H23N7O2S/c25-11-9-16-1-5-18(6-2-16)31-22(30-21-14-28-24-20(23(21)31)10-12-27-24)15-29-34(32,33)19-7-3-17(13-26)4-8-19/h3-4,7-8,10,12,14,16,18,29H,1-2,5-6,9,15H2,(H,27,28)/t16-,18-. The molecular weight excluding hydrogens is 450 g/mol. The molecule has 0 aliphatic heterocycles. The number of sulfonamides is 1. The molecule has 3 heterocycles. The third kappa shape index (κ3) is 4.03. The molecule has 1 aromatic carbocycles. The minimum Gasteiger partial charge on any atom is -0.346 e. The van der Waals surface area contributed by atoms with Crippen molar-refractivity contribution in [2.45, 2.75) is 49.6 Å². The van der Waals surface area contributed by atoms with Crippen LogP contribution >= 0.6 is 0 Å². The average Bonchev–Trinajstić information content (AvgIpc) is 3.48. The van der Waals surface area contributed by atoms with Gasteiger partial charge in [-0.3, -0.25) is 0 Å². The van der Waals surface area contributed by atoms with Crippen LogP contribution in [0.3, 0.4) is 0 Å². The second-order valence-corrected chi connectivity index (χ2v) is 10.4. The third-order valence-corrected chi connectivity index (χ3v) is 8.00. The molecule has 1 aliphatic rings. The van der Waals surface area contributed by atoms with Crippen LogP contribution in [-0.4, -0.2) is 27.9 Å². The molecule has 9 nitrogen and oxygen atoms in total. The molecule has 172 valence electrons. The molecule has 2 N–H and O–H groups in total. The van der Waals surface area contributed by atoms with Crippen LogP contribution in [-0.2, 0) is 16.6 Å². The van der Waals surface area contributed by atoms with Gasteiger partial charge in [0.25, 0.3) is 0 Å². The smallest absolute Gasteiger partial charge is 0.240 e. The zero-order valence-electron chi connectivity index (χ0n) is 18.4. The SMILES string of the molecule is N#CC[C@H]1CC[C@H](n2c(CNS(=O)(=O)c3ccc(C#N)cc3)nc3cnc4[nH]ccc4c32)CC1. The summed E-state index contributed by atoms with van der Waals surface area (Å²) in [5.41, 5.74) is 2.83. The first-order valence-electron chi connectivity index (χ1n) is 11.2. The Bertz CT molecular complexity index is 1530. The average molecular weight is 474 g/mol. The highest BCUT2D eigenvalue weighted by Crippen LogP contribution is 2.37. The van der Waals surface area contributed by atoms with Crippen LogP contribution in [0.25, 0.3) is 22.1 Å². The van der Waals surface area contributed by atoms with Gasteiger partial charge in [-0.05, 0) is 61.9 Å². The van der Waals surface area contributed by atoms with E-state index in [4.69, 9.17) is 15.5 Å². The number of aromatic nitrogens is 4. The molecular formula is C24H23N7O2S. The summed E-state index contributed by atoms with van der Waals surface area (Å²) < 4.78 is 30.7. The molecule has 4 aromatic rings. The van der Waals surface area contributed by atoms with E-state index in [0.717, 1.165) is 47.8 Å². The number of nitriles is 2. The minimum absolute atomic E-state index is 0.0288. The summed E-state index contributed by atoms with van der Waals surface area (Å²) in [4.78, 5) is 12.4. The van der Waals surface area contributed by atoms with Gasteiger partial charge < -0.3 is 9.55 Å². The van der Waals surface area contributed by atoms with E-state index < -0.39 is 10.0 Å². The predicted octanol–water partition coefficient (Wildman–Crippen LogP) is 3.91. The number of hydrogen-bond donors (Lipinski definition) is 2. The number of aromatic amines is 1. The summed E-state index contributed by atoms with van der Waals surface area (Å²) in [5, 5.41) is 19.0. The van der Waals surface area contributed by atoms with Crippen molar-refractivity contribution in [1.82, 2.24) is 24.2 Å². The number of imidazole rings is 1. The van der Waals surface area contributed by atoms with E-state index in [2.05, 4.69) is 25.3 Å². The van der Waals surface area contributed by atoms with Gasteiger partial charge in [-0.2, -0.15) is 10.5 Å². The van der Waals surface area contributed by atoms with Gasteiger partial charge in [-0.1, -0.05) is 0 Å². The molecule has 1 saturated carbocycles. The Hall–Kier alpha value is -3.73. The number of hydrogen-bond acceptors (Lipinski definition) is 6. The maximum Gasteiger partial charge on any atom is 0.240 e. The highest BCUT2D eigenvalue weighted by molar-refractivity contribution is 7.89. The minimum atomic E-state index is -3.79. The molecule has 0 atom stereocenters. The number of fused-ring (bicyclic) bond motifs is 3. The molecule has 0 radical (unpaired) electrons. The highest BCUT2D eigenvalue weighted by Gasteiger charge is 2.27. The maximum absolute atomic E-state index is 12.9. The summed E-state index contributed by atoms with van der Waals surface area (Å²) >= 11 is 0. The van der Waals surface area contributed by atoms with Crippen molar-refractivity contribution in [2.75, 3.05) is 0 Å². The number of pyridine rings is 1. The molecule has 0 amide bonds. The van der Waals surface area contributed by atoms with E-state index in [1.807, 2.05) is 18.3 Å². The van der Waals surface area contributed by atoms with Crippen molar-refractivity contribution in [3.05, 3.63) is 54.1 Å². The van der Waals surface area contributed by atoms with E-state index in [9.17, 15) is 8.42 Å². The first kappa shape index (κ1) is 22.1. The Balaban J connectivity index is 1.50. The van der Waals surface area contributed by atoms with Crippen molar-refractivity contribution in [1.29, 1.82) is 10.5 Å². The quantitative estimate of drug-likeness (QED) is 0.435. The number of H-pyrrole nitrogens is 1. The lowest BCUT2D eigenvalue weighted by Gasteiger charge is -2.30. The van der Waals surface area contributed by atoms with E-state index in [1.54, 1.807) is 6.20 Å². The lowest BCUT2D eigenvalue weighted by Crippen LogP contribution is -2.27. The van der Waals surface area contributed by atoms with Crippen LogP contribution in [0.4, 0.5) is 0 Å². The largest absolute Gasteiger partial charge is 0.346 e. The summed E-state index contributed by atoms with van der Waals surface area (Å²) in [5.74, 6) is 1.04. The zero-order chi connectivity index (χ0) is 23.7. The molecule has 10 heteroatoms. The van der Waals surface area contributed by atoms with E-state index >= 15 is 0 Å². The van der Waals surface area contributed by atoms with Gasteiger partial charge in [0.05, 0.1) is 40.9 Å². The van der Waals surface area contributed by atoms with Crippen molar-refractivity contribution < 1.29 is 8.42 Å². The van der Waals surface area contributed by atoms with Crippen LogP contribution in [0, 0.1) is 28.6 Å². The molecule has 1 fully saturated rings. The Morgan fingerprint density at radius 3 is 2.59 bits per heavy atom. The van der Waals surface area contributed by atoms with Crippen molar-refractivity contribution >= 4 is 32.1 Å². The zero-order valence-corrected chi connectivity index (χ0v) is 19.2. The van der Waals surface area contributed by atoms with Crippen molar-refractivity contribution in [3.63, 3.8) is 0 Å². The molecule has 0 unspecified atom stereocenters. The van der Waals surface area contributed by atoms with Gasteiger partial charge in [0.1, 0.15) is 17.0 Å². The van der Waals surface area contributed by atoms with Crippen LogP contribution in [0.15, 0.2) is 47.6 Å². The second kappa shape index (κ2) is 8.90. The summed E-state index contributed by atoms with van der Waals surface area (Å²) in [7, 11) is -3.79.